The Hall–Kier alpha value is -4.06. The lowest BCUT2D eigenvalue weighted by Gasteiger charge is -2.32. The third-order valence-corrected chi connectivity index (χ3v) is 9.48. The summed E-state index contributed by atoms with van der Waals surface area (Å²) in [6.45, 7) is 0. The molecule has 1 aliphatic carbocycles. The summed E-state index contributed by atoms with van der Waals surface area (Å²) in [4.78, 5) is 24.5. The second-order valence-corrected chi connectivity index (χ2v) is 11.4. The Balaban J connectivity index is 1.19. The van der Waals surface area contributed by atoms with Gasteiger partial charge >= 0.3 is 0 Å². The molecule has 7 rings (SSSR count). The van der Waals surface area contributed by atoms with E-state index in [-0.39, 0.29) is 5.91 Å². The third kappa shape index (κ3) is 3.95. The zero-order valence-electron chi connectivity index (χ0n) is 20.6. The van der Waals surface area contributed by atoms with E-state index in [9.17, 15) is 4.79 Å². The van der Waals surface area contributed by atoms with E-state index in [1.54, 1.807) is 23.5 Å². The summed E-state index contributed by atoms with van der Waals surface area (Å²) in [5.41, 5.74) is 8.29. The van der Waals surface area contributed by atoms with Gasteiger partial charge in [-0.25, -0.2) is 4.99 Å². The van der Waals surface area contributed by atoms with Gasteiger partial charge in [0, 0.05) is 60.3 Å². The molecule has 0 unspecified atom stereocenters. The van der Waals surface area contributed by atoms with Gasteiger partial charge in [-0.3, -0.25) is 4.79 Å². The summed E-state index contributed by atoms with van der Waals surface area (Å²) in [7, 11) is 2.11. The van der Waals surface area contributed by atoms with Crippen molar-refractivity contribution in [3.63, 3.8) is 0 Å². The van der Waals surface area contributed by atoms with E-state index in [1.165, 1.54) is 42.8 Å². The van der Waals surface area contributed by atoms with Gasteiger partial charge in [-0.1, -0.05) is 84.2 Å². The van der Waals surface area contributed by atoms with E-state index >= 15 is 0 Å². The van der Waals surface area contributed by atoms with Gasteiger partial charge < -0.3 is 4.90 Å². The molecule has 0 bridgehead atoms. The fourth-order valence-electron chi connectivity index (χ4n) is 5.09. The lowest BCUT2D eigenvalue weighted by molar-refractivity contribution is 0.100. The van der Waals surface area contributed by atoms with Crippen molar-refractivity contribution in [2.45, 2.75) is 19.6 Å². The number of hydrogen-bond acceptors (Lipinski definition) is 4. The summed E-state index contributed by atoms with van der Waals surface area (Å²) in [6, 6.07) is 31.2. The molecule has 0 radical (unpaired) electrons. The van der Waals surface area contributed by atoms with Crippen molar-refractivity contribution in [1.29, 1.82) is 0 Å². The summed E-state index contributed by atoms with van der Waals surface area (Å²) in [5.74, 6) is -0.229. The Morgan fingerprint density at radius 1 is 0.658 bits per heavy atom. The molecule has 182 valence electrons. The molecule has 2 aliphatic heterocycles. The van der Waals surface area contributed by atoms with E-state index in [2.05, 4.69) is 95.8 Å². The van der Waals surface area contributed by atoms with Crippen LogP contribution in [0.3, 0.4) is 0 Å². The van der Waals surface area contributed by atoms with Crippen LogP contribution < -0.4 is 4.90 Å². The number of amides is 1. The molecule has 4 aromatic carbocycles. The smallest absolute Gasteiger partial charge is 0.277 e. The largest absolute Gasteiger partial charge is 0.344 e. The van der Waals surface area contributed by atoms with Gasteiger partial charge in [-0.15, -0.1) is 0 Å². The van der Waals surface area contributed by atoms with Crippen molar-refractivity contribution >= 4 is 52.1 Å². The topological polar surface area (TPSA) is 32.7 Å². The van der Waals surface area contributed by atoms with Crippen molar-refractivity contribution in [3.05, 3.63) is 138 Å². The summed E-state index contributed by atoms with van der Waals surface area (Å²) in [5, 5.41) is 0. The second-order valence-electron chi connectivity index (χ2n) is 9.24. The summed E-state index contributed by atoms with van der Waals surface area (Å²) in [6.07, 6.45) is 8.00. The van der Waals surface area contributed by atoms with E-state index in [0.29, 0.717) is 11.3 Å². The Kier molecular flexibility index (Phi) is 5.68. The van der Waals surface area contributed by atoms with Crippen molar-refractivity contribution in [2.24, 2.45) is 4.99 Å². The number of fused-ring (bicyclic) bond motifs is 4. The molecule has 3 nitrogen and oxygen atoms in total. The molecule has 0 saturated carbocycles. The van der Waals surface area contributed by atoms with Crippen LogP contribution in [0.25, 0.3) is 5.57 Å². The molecule has 4 aromatic rings. The van der Waals surface area contributed by atoms with Crippen molar-refractivity contribution in [2.75, 3.05) is 11.9 Å². The number of para-hydroxylation sites is 2. The molecule has 0 aromatic heterocycles. The van der Waals surface area contributed by atoms with Gasteiger partial charge in [0.05, 0.1) is 5.71 Å². The number of anilines is 2. The van der Waals surface area contributed by atoms with Gasteiger partial charge in [0.25, 0.3) is 5.91 Å². The quantitative estimate of drug-likeness (QED) is 0.219. The fraction of sp³-hybridized carbons (Fsp3) is 0.0303. The van der Waals surface area contributed by atoms with Gasteiger partial charge in [-0.2, -0.15) is 0 Å². The average Bonchev–Trinajstić information content (AvgIpc) is 2.97. The van der Waals surface area contributed by atoms with Gasteiger partial charge in [0.15, 0.2) is 0 Å². The first-order chi connectivity index (χ1) is 18.7. The summed E-state index contributed by atoms with van der Waals surface area (Å²) >= 11 is 3.45. The van der Waals surface area contributed by atoms with Crippen LogP contribution in [0.4, 0.5) is 11.4 Å². The maximum Gasteiger partial charge on any atom is 0.277 e. The Morgan fingerprint density at radius 3 is 1.87 bits per heavy atom. The first-order valence-corrected chi connectivity index (χ1v) is 14.0. The highest BCUT2D eigenvalue weighted by Crippen LogP contribution is 2.49. The number of hydrogen-bond donors (Lipinski definition) is 0. The molecule has 0 saturated heterocycles. The molecule has 2 heterocycles. The average molecular weight is 527 g/mol. The Bertz CT molecular complexity index is 1700. The van der Waals surface area contributed by atoms with Crippen LogP contribution in [-0.2, 0) is 0 Å². The predicted molar refractivity (Wildman–Crippen MR) is 158 cm³/mol. The number of allylic oxidation sites excluding steroid dienone is 5. The minimum absolute atomic E-state index is 0.229. The van der Waals surface area contributed by atoms with Gasteiger partial charge in [0.1, 0.15) is 0 Å². The van der Waals surface area contributed by atoms with Crippen molar-refractivity contribution < 1.29 is 4.79 Å². The highest BCUT2D eigenvalue weighted by atomic mass is 32.2. The Labute approximate surface area is 230 Å². The van der Waals surface area contributed by atoms with Crippen LogP contribution in [0.2, 0.25) is 0 Å². The summed E-state index contributed by atoms with van der Waals surface area (Å²) < 4.78 is 0. The Morgan fingerprint density at radius 2 is 1.21 bits per heavy atom. The zero-order chi connectivity index (χ0) is 25.6. The molecule has 5 heteroatoms. The first-order valence-electron chi connectivity index (χ1n) is 12.4. The minimum Gasteiger partial charge on any atom is -0.344 e. The molecular weight excluding hydrogens is 505 g/mol. The molecular formula is C33H22N2OS2. The zero-order valence-corrected chi connectivity index (χ0v) is 22.2. The lowest BCUT2D eigenvalue weighted by Crippen LogP contribution is -2.18. The third-order valence-electron chi connectivity index (χ3n) is 6.94. The molecule has 1 amide bonds. The molecule has 38 heavy (non-hydrogen) atoms. The minimum atomic E-state index is -0.229. The maximum atomic E-state index is 13.1. The van der Waals surface area contributed by atoms with E-state index < -0.39 is 0 Å². The van der Waals surface area contributed by atoms with Crippen LogP contribution in [0.15, 0.2) is 145 Å². The number of carbonyl (C=O) groups excluding carboxylic acids is 1. The standard InChI is InChI=1S/C33H22N2OS2/c1-35-26-10-4-2-8-24(26)32(25-9-3-5-11-27(25)35)21-14-17-23(18-15-21)34-33(36)22-16-19-30-31(20-22)38-29-13-7-6-12-28(29)37-30/h2-20H,1H3. The van der Waals surface area contributed by atoms with Crippen LogP contribution in [0.5, 0.6) is 0 Å². The highest BCUT2D eigenvalue weighted by Gasteiger charge is 2.25. The highest BCUT2D eigenvalue weighted by molar-refractivity contribution is 8.05. The molecule has 3 aliphatic rings. The molecule has 0 spiro atoms. The number of aliphatic imine (C=N–C) groups is 1. The lowest BCUT2D eigenvalue weighted by atomic mass is 9.86. The second kappa shape index (κ2) is 9.35. The maximum absolute atomic E-state index is 13.1. The van der Waals surface area contributed by atoms with E-state index in [1.807, 2.05) is 36.4 Å². The van der Waals surface area contributed by atoms with Crippen molar-refractivity contribution in [3.8, 4) is 0 Å². The van der Waals surface area contributed by atoms with Crippen LogP contribution in [0, 0.1) is 0 Å². The predicted octanol–water partition coefficient (Wildman–Crippen LogP) is 8.59. The van der Waals surface area contributed by atoms with E-state index in [0.717, 1.165) is 10.5 Å². The molecule has 0 N–H and O–H groups in total. The van der Waals surface area contributed by atoms with Crippen LogP contribution >= 0.6 is 23.5 Å². The van der Waals surface area contributed by atoms with Crippen molar-refractivity contribution in [1.82, 2.24) is 0 Å². The molecule has 0 fully saturated rings. The number of benzene rings is 4. The number of rotatable bonds is 1. The molecule has 0 atom stereocenters. The van der Waals surface area contributed by atoms with Crippen LogP contribution in [-0.4, -0.2) is 18.7 Å². The van der Waals surface area contributed by atoms with Gasteiger partial charge in [0.2, 0.25) is 0 Å². The number of nitrogens with zero attached hydrogens (tertiary/aromatic N) is 2. The monoisotopic (exact) mass is 526 g/mol. The van der Waals surface area contributed by atoms with E-state index in [4.69, 9.17) is 0 Å². The first kappa shape index (κ1) is 23.1. The number of carbonyl (C=O) groups is 1. The van der Waals surface area contributed by atoms with Crippen LogP contribution in [0.1, 0.15) is 21.5 Å². The SMILES string of the molecule is CN1c2ccccc2C(=C2C=CC(=NC(=O)c3ccc4c(c3)Sc3ccccc3S4)C=C2)c2ccccc21. The normalized spacial score (nSPS) is 15.0. The fourth-order valence-corrected chi connectivity index (χ4v) is 7.34. The van der Waals surface area contributed by atoms with Gasteiger partial charge in [-0.05, 0) is 60.2 Å².